The molecule has 0 unspecified atom stereocenters. The Bertz CT molecular complexity index is 1430. The van der Waals surface area contributed by atoms with Crippen LogP contribution >= 0.6 is 11.3 Å². The topological polar surface area (TPSA) is 112 Å². The molecule has 4 aromatic rings. The fourth-order valence-electron chi connectivity index (χ4n) is 3.44. The zero-order valence-electron chi connectivity index (χ0n) is 18.7. The average Bonchev–Trinajstić information content (AvgIpc) is 3.18. The number of benzene rings is 2. The summed E-state index contributed by atoms with van der Waals surface area (Å²) in [6.45, 7) is 1.48. The highest BCUT2D eigenvalue weighted by atomic mass is 32.1. The number of anilines is 2. The van der Waals surface area contributed by atoms with Crippen LogP contribution in [-0.2, 0) is 11.3 Å². The molecule has 0 aliphatic carbocycles. The Morgan fingerprint density at radius 1 is 1.03 bits per heavy atom. The first-order valence-electron chi connectivity index (χ1n) is 10.3. The number of aromatic nitrogens is 2. The predicted octanol–water partition coefficient (Wildman–Crippen LogP) is 3.67. The van der Waals surface area contributed by atoms with E-state index in [0.29, 0.717) is 43.5 Å². The highest BCUT2D eigenvalue weighted by Gasteiger charge is 2.21. The molecule has 0 saturated carbocycles. The number of carbonyl (C=O) groups excluding carboxylic acids is 2. The molecule has 4 rings (SSSR count). The molecule has 0 bridgehead atoms. The minimum absolute atomic E-state index is 0.216. The van der Waals surface area contributed by atoms with Crippen LogP contribution in [0.1, 0.15) is 15.2 Å². The molecule has 174 valence electrons. The second kappa shape index (κ2) is 9.75. The van der Waals surface area contributed by atoms with Gasteiger partial charge in [-0.3, -0.25) is 19.0 Å². The van der Waals surface area contributed by atoms with Crippen molar-refractivity contribution in [3.8, 4) is 11.5 Å². The lowest BCUT2D eigenvalue weighted by Crippen LogP contribution is -2.27. The van der Waals surface area contributed by atoms with Crippen LogP contribution in [-0.4, -0.2) is 35.6 Å². The first kappa shape index (κ1) is 23.0. The summed E-state index contributed by atoms with van der Waals surface area (Å²) in [5.41, 5.74) is 1.22. The summed E-state index contributed by atoms with van der Waals surface area (Å²) in [6, 6.07) is 13.9. The molecule has 34 heavy (non-hydrogen) atoms. The van der Waals surface area contributed by atoms with Crippen molar-refractivity contribution in [2.75, 3.05) is 24.9 Å². The van der Waals surface area contributed by atoms with E-state index in [2.05, 4.69) is 15.6 Å². The summed E-state index contributed by atoms with van der Waals surface area (Å²) < 4.78 is 11.6. The average molecular weight is 479 g/mol. The Morgan fingerprint density at radius 2 is 1.76 bits per heavy atom. The molecule has 0 radical (unpaired) electrons. The molecule has 0 aliphatic rings. The van der Waals surface area contributed by atoms with Gasteiger partial charge in [0.2, 0.25) is 5.91 Å². The molecule has 2 amide bonds. The first-order chi connectivity index (χ1) is 16.4. The summed E-state index contributed by atoms with van der Waals surface area (Å²) in [5.74, 6) is 0.448. The van der Waals surface area contributed by atoms with Crippen LogP contribution in [0.5, 0.6) is 11.5 Å². The highest BCUT2D eigenvalue weighted by Crippen LogP contribution is 2.29. The van der Waals surface area contributed by atoms with Crippen LogP contribution in [0.4, 0.5) is 11.4 Å². The number of para-hydroxylation sites is 2. The largest absolute Gasteiger partial charge is 0.497 e. The van der Waals surface area contributed by atoms with Gasteiger partial charge < -0.3 is 20.1 Å². The lowest BCUT2D eigenvalue weighted by Gasteiger charge is -2.09. The summed E-state index contributed by atoms with van der Waals surface area (Å²) >= 11 is 1.12. The lowest BCUT2D eigenvalue weighted by atomic mass is 10.2. The van der Waals surface area contributed by atoms with Gasteiger partial charge in [0.05, 0.1) is 36.5 Å². The number of fused-ring (bicyclic) bond motifs is 1. The van der Waals surface area contributed by atoms with E-state index in [1.807, 2.05) is 0 Å². The molecule has 2 heterocycles. The Labute approximate surface area is 199 Å². The van der Waals surface area contributed by atoms with Gasteiger partial charge in [0.1, 0.15) is 22.9 Å². The van der Waals surface area contributed by atoms with Crippen molar-refractivity contribution < 1.29 is 19.1 Å². The van der Waals surface area contributed by atoms with E-state index < -0.39 is 0 Å². The smallest absolute Gasteiger partial charge is 0.266 e. The minimum atomic E-state index is -0.389. The van der Waals surface area contributed by atoms with Crippen LogP contribution in [0, 0.1) is 6.92 Å². The maximum absolute atomic E-state index is 13.1. The summed E-state index contributed by atoms with van der Waals surface area (Å²) in [4.78, 5) is 43.6. The molecule has 0 aliphatic heterocycles. The van der Waals surface area contributed by atoms with Crippen molar-refractivity contribution in [1.29, 1.82) is 0 Å². The Balaban J connectivity index is 1.56. The summed E-state index contributed by atoms with van der Waals surface area (Å²) in [5, 5.41) is 5.87. The highest BCUT2D eigenvalue weighted by molar-refractivity contribution is 7.20. The van der Waals surface area contributed by atoms with E-state index >= 15 is 0 Å². The molecule has 0 atom stereocenters. The van der Waals surface area contributed by atoms with E-state index in [1.165, 1.54) is 18.0 Å². The van der Waals surface area contributed by atoms with E-state index in [-0.39, 0.29) is 23.9 Å². The quantitative estimate of drug-likeness (QED) is 0.419. The Hall–Kier alpha value is -4.18. The van der Waals surface area contributed by atoms with Crippen molar-refractivity contribution in [1.82, 2.24) is 9.55 Å². The number of aryl methyl sites for hydroxylation is 1. The number of hydrogen-bond acceptors (Lipinski definition) is 7. The van der Waals surface area contributed by atoms with Gasteiger partial charge in [-0.05, 0) is 48.9 Å². The third-order valence-corrected chi connectivity index (χ3v) is 6.37. The van der Waals surface area contributed by atoms with Gasteiger partial charge in [-0.25, -0.2) is 4.98 Å². The molecule has 9 nitrogen and oxygen atoms in total. The van der Waals surface area contributed by atoms with Gasteiger partial charge in [0.25, 0.3) is 11.5 Å². The van der Waals surface area contributed by atoms with E-state index in [9.17, 15) is 14.4 Å². The Kier molecular flexibility index (Phi) is 6.60. The summed E-state index contributed by atoms with van der Waals surface area (Å²) in [6.07, 6.45) is 1.32. The van der Waals surface area contributed by atoms with Gasteiger partial charge in [-0.2, -0.15) is 0 Å². The van der Waals surface area contributed by atoms with Crippen LogP contribution in [0.3, 0.4) is 0 Å². The molecule has 0 fully saturated rings. The first-order valence-corrected chi connectivity index (χ1v) is 11.1. The van der Waals surface area contributed by atoms with Crippen LogP contribution in [0.15, 0.2) is 59.7 Å². The molecule has 10 heteroatoms. The van der Waals surface area contributed by atoms with Crippen LogP contribution < -0.4 is 25.7 Å². The van der Waals surface area contributed by atoms with E-state index in [4.69, 9.17) is 9.47 Å². The van der Waals surface area contributed by atoms with Crippen molar-refractivity contribution >= 4 is 44.7 Å². The van der Waals surface area contributed by atoms with Gasteiger partial charge in [-0.15, -0.1) is 11.3 Å². The fourth-order valence-corrected chi connectivity index (χ4v) is 4.48. The van der Waals surface area contributed by atoms with Crippen molar-refractivity contribution in [2.45, 2.75) is 13.5 Å². The molecule has 0 saturated heterocycles. The van der Waals surface area contributed by atoms with Gasteiger partial charge in [0.15, 0.2) is 0 Å². The molecule has 2 N–H and O–H groups in total. The maximum atomic E-state index is 13.1. The monoisotopic (exact) mass is 478 g/mol. The van der Waals surface area contributed by atoms with Crippen molar-refractivity contribution in [3.63, 3.8) is 0 Å². The molecule has 2 aromatic carbocycles. The van der Waals surface area contributed by atoms with Gasteiger partial charge in [0, 0.05) is 5.69 Å². The number of hydrogen-bond donors (Lipinski definition) is 2. The number of carbonyl (C=O) groups is 2. The number of nitrogens with one attached hydrogen (secondary N) is 2. The zero-order valence-corrected chi connectivity index (χ0v) is 19.6. The standard InChI is InChI=1S/C24H22N4O5S/c1-14-20-23(34-21(14)22(30)27-17-6-4-5-7-18(17)33-3)25-13-28(24(20)31)12-19(29)26-15-8-10-16(32-2)11-9-15/h4-11,13H,12H2,1-3H3,(H,26,29)(H,27,30). The second-order valence-corrected chi connectivity index (χ2v) is 8.34. The third kappa shape index (κ3) is 4.62. The predicted molar refractivity (Wildman–Crippen MR) is 131 cm³/mol. The zero-order chi connectivity index (χ0) is 24.2. The molecule has 0 spiro atoms. The molecule has 2 aromatic heterocycles. The van der Waals surface area contributed by atoms with E-state index in [1.54, 1.807) is 62.6 Å². The second-order valence-electron chi connectivity index (χ2n) is 7.35. The third-order valence-electron chi connectivity index (χ3n) is 5.17. The van der Waals surface area contributed by atoms with Crippen LogP contribution in [0.25, 0.3) is 10.2 Å². The fraction of sp³-hybridized carbons (Fsp3) is 0.167. The van der Waals surface area contributed by atoms with Gasteiger partial charge in [-0.1, -0.05) is 12.1 Å². The normalized spacial score (nSPS) is 10.7. The maximum Gasteiger partial charge on any atom is 0.266 e. The summed E-state index contributed by atoms with van der Waals surface area (Å²) in [7, 11) is 3.08. The van der Waals surface area contributed by atoms with Crippen molar-refractivity contribution in [2.24, 2.45) is 0 Å². The lowest BCUT2D eigenvalue weighted by molar-refractivity contribution is -0.116. The van der Waals surface area contributed by atoms with Crippen molar-refractivity contribution in [3.05, 3.63) is 75.7 Å². The van der Waals surface area contributed by atoms with Crippen LogP contribution in [0.2, 0.25) is 0 Å². The minimum Gasteiger partial charge on any atom is -0.497 e. The number of amides is 2. The number of rotatable bonds is 7. The number of methoxy groups -OCH3 is 2. The number of ether oxygens (including phenoxy) is 2. The SMILES string of the molecule is COc1ccc(NC(=O)Cn2cnc3sc(C(=O)Nc4ccccc4OC)c(C)c3c2=O)cc1. The number of nitrogens with zero attached hydrogens (tertiary/aromatic N) is 2. The number of thiophene rings is 1. The molecular formula is C24H22N4O5S. The van der Waals surface area contributed by atoms with Gasteiger partial charge >= 0.3 is 0 Å². The Morgan fingerprint density at radius 3 is 2.47 bits per heavy atom. The van der Waals surface area contributed by atoms with E-state index in [0.717, 1.165) is 11.3 Å². The molecular weight excluding hydrogens is 456 g/mol.